The molecule has 0 rings (SSSR count). The fraction of sp³-hybridized carbons (Fsp3) is 0.825. The van der Waals surface area contributed by atoms with Crippen molar-refractivity contribution in [2.75, 3.05) is 19.6 Å². The van der Waals surface area contributed by atoms with Gasteiger partial charge in [0.15, 0.2) is 5.56 Å². The number of carbonyl (C=O) groups is 11. The van der Waals surface area contributed by atoms with Gasteiger partial charge in [0.2, 0.25) is 17.8 Å². The first-order valence-corrected chi connectivity index (χ1v) is 31.4. The van der Waals surface area contributed by atoms with Crippen LogP contribution >= 0.6 is 23.2 Å². The summed E-state index contributed by atoms with van der Waals surface area (Å²) in [5, 5.41) is 22.3. The first-order chi connectivity index (χ1) is 40.8. The van der Waals surface area contributed by atoms with Gasteiger partial charge in [-0.3, -0.25) is 38.4 Å². The van der Waals surface area contributed by atoms with Crippen LogP contribution < -0.4 is 159 Å². The van der Waals surface area contributed by atoms with Crippen LogP contribution in [0.15, 0.2) is 0 Å². The van der Waals surface area contributed by atoms with Crippen LogP contribution in [0.5, 0.6) is 0 Å². The van der Waals surface area contributed by atoms with Crippen molar-refractivity contribution < 1.29 is 240 Å². The molecule has 0 radical (unpaired) electrons. The van der Waals surface area contributed by atoms with Crippen molar-refractivity contribution in [3.63, 3.8) is 0 Å². The molecule has 6 atom stereocenters. The standard InChI is InChI=1S/C20H37NO6.C15H29NO4.C13H25NO4.C7H13ClO2.C4H7ClO.C3H6O.CH2O3.2Cs.H/c1-9-17(26-18(23)14(4)5)25-16(22)11-15(10-13(2)3)12-21-19(24)27-20(6,7)8;1-6-14(20-15(18)11(4)5)19-13(17)8-12(9-16)7-10(2)3;1-9(2)6-10(7-11(15)16)8-14-12(17)18-13(3,4)5;1-4-6(8)10-7(9)5(2)3;1-3(2)4(5)6;1-2-3-4;2-1-4-3;;;/h13-15,17H,9-12H2,1-8H3,(H,21,24);10-12,14H,6-9,16H2,1-5H3;9-10H,6-8H2,1-5H3,(H,14,17)(H,15,16);5-6H,4H2,1-3H3;3H,1-2H3;3H,2H2,1H3;1,3H;;;/q;;;;;;;2*+1;-1/p-1/t15-,17?;12-,14?;10-;;;;;;;/m000......./s1. The molecule has 2 amide bonds. The van der Waals surface area contributed by atoms with E-state index in [1.165, 1.54) is 0 Å². The Bertz CT molecular complexity index is 1940. The van der Waals surface area contributed by atoms with Crippen molar-refractivity contribution in [3.05, 3.63) is 0 Å². The average molecular weight is 1590 g/mol. The SMILES string of the molecule is CC(C)C(=O)Cl.CC(C)C[C@H](CNC(=O)OC(C)(C)C)CC(=O)O.CCC(Cl)OC(=O)C(C)C.CCC(OC(=O)C[C@@H](CN)CC(C)C)OC(=O)C(C)C.CCC(OC(=O)C[C@@H](CNC(=O)OC(C)(C)C)CC(C)C)OC(=O)C(C)C.CCC=O.O=CO[O-].[Cs+].[Cs+].[H-]. The third kappa shape index (κ3) is 84.8. The number of aliphatic carboxylic acids is 1. The monoisotopic (exact) mass is 1590 g/mol. The van der Waals surface area contributed by atoms with Gasteiger partial charge < -0.3 is 71.0 Å². The zero-order chi connectivity index (χ0) is 71.4. The topological polar surface area (TPSA) is 355 Å². The summed E-state index contributed by atoms with van der Waals surface area (Å²) in [7, 11) is 0. The van der Waals surface area contributed by atoms with E-state index in [2.05, 4.69) is 29.4 Å². The van der Waals surface area contributed by atoms with E-state index in [0.717, 1.165) is 25.5 Å². The van der Waals surface area contributed by atoms with E-state index in [0.29, 0.717) is 63.1 Å². The Morgan fingerprint density at radius 2 is 0.813 bits per heavy atom. The molecule has 0 bridgehead atoms. The smallest absolute Gasteiger partial charge is 1.00 e. The summed E-state index contributed by atoms with van der Waals surface area (Å²) in [5.74, 6) is -2.09. The molecule has 0 aliphatic heterocycles. The molecule has 3 unspecified atom stereocenters. The van der Waals surface area contributed by atoms with E-state index in [4.69, 9.17) is 77.3 Å². The largest absolute Gasteiger partial charge is 1.00 e. The van der Waals surface area contributed by atoms with Crippen LogP contribution in [0.4, 0.5) is 9.59 Å². The molecule has 0 saturated carbocycles. The number of hydrogen-bond donors (Lipinski definition) is 4. The minimum Gasteiger partial charge on any atom is -1.00 e. The van der Waals surface area contributed by atoms with Gasteiger partial charge in [0, 0.05) is 51.1 Å². The molecule has 0 fully saturated rings. The first kappa shape index (κ1) is 108. The number of carboxylic acids is 1. The van der Waals surface area contributed by atoms with Gasteiger partial charge in [0.25, 0.3) is 6.47 Å². The van der Waals surface area contributed by atoms with Crippen LogP contribution in [-0.4, -0.2) is 120 Å². The van der Waals surface area contributed by atoms with Crippen molar-refractivity contribution in [3.8, 4) is 0 Å². The Kier molecular flexibility index (Phi) is 78.7. The minimum atomic E-state index is -0.883. The normalized spacial score (nSPS) is 12.4. The molecular weight excluding hydrogens is 1470 g/mol. The van der Waals surface area contributed by atoms with E-state index in [-0.39, 0.29) is 230 Å². The third-order valence-corrected chi connectivity index (χ3v) is 11.2. The summed E-state index contributed by atoms with van der Waals surface area (Å²) in [6.07, 6.45) is 3.16. The number of amides is 2. The van der Waals surface area contributed by atoms with Gasteiger partial charge in [0.1, 0.15) is 17.5 Å². The van der Waals surface area contributed by atoms with E-state index >= 15 is 0 Å². The maximum atomic E-state index is 12.3. The van der Waals surface area contributed by atoms with Gasteiger partial charge in [-0.05, 0) is 121 Å². The molecule has 528 valence electrons. The van der Waals surface area contributed by atoms with Crippen molar-refractivity contribution in [1.29, 1.82) is 0 Å². The molecule has 91 heavy (non-hydrogen) atoms. The number of nitrogens with one attached hydrogen (secondary N) is 2. The summed E-state index contributed by atoms with van der Waals surface area (Å²) >= 11 is 10.5. The zero-order valence-electron chi connectivity index (χ0n) is 61.3. The first-order valence-electron chi connectivity index (χ1n) is 30.6. The van der Waals surface area contributed by atoms with Gasteiger partial charge in [-0.2, -0.15) is 0 Å². The molecule has 0 aromatic rings. The van der Waals surface area contributed by atoms with E-state index < -0.39 is 59.4 Å². The number of carbonyl (C=O) groups excluding carboxylic acids is 10. The number of nitrogens with two attached hydrogens (primary N) is 1. The minimum absolute atomic E-state index is 0. The average Bonchev–Trinajstić information content (AvgIpc) is 3.57. The van der Waals surface area contributed by atoms with Gasteiger partial charge in [-0.15, -0.1) is 0 Å². The second kappa shape index (κ2) is 66.0. The summed E-state index contributed by atoms with van der Waals surface area (Å²) in [6, 6.07) is 0. The van der Waals surface area contributed by atoms with Crippen LogP contribution in [0, 0.1) is 59.2 Å². The van der Waals surface area contributed by atoms with E-state index in [1.54, 1.807) is 111 Å². The van der Waals surface area contributed by atoms with Crippen LogP contribution in [-0.2, 0) is 81.2 Å². The quantitative estimate of drug-likeness (QED) is 0.00919. The molecular formula is C63H119Cl2Cs2N3O21. The number of alkyl halides is 1. The predicted molar refractivity (Wildman–Crippen MR) is 341 cm³/mol. The van der Waals surface area contributed by atoms with Gasteiger partial charge in [-0.1, -0.05) is 136 Å². The summed E-state index contributed by atoms with van der Waals surface area (Å²) in [6.45, 7) is 45.2. The maximum Gasteiger partial charge on any atom is 1.00 e. The van der Waals surface area contributed by atoms with Crippen LogP contribution in [0.3, 0.4) is 0 Å². The van der Waals surface area contributed by atoms with Crippen molar-refractivity contribution in [1.82, 2.24) is 10.6 Å². The molecule has 28 heteroatoms. The van der Waals surface area contributed by atoms with E-state index in [1.807, 2.05) is 41.5 Å². The number of esters is 5. The Balaban J connectivity index is -0.000000116. The fourth-order valence-electron chi connectivity index (χ4n) is 6.19. The number of carboxylic acid groups (broad SMARTS) is 1. The maximum absolute atomic E-state index is 12.3. The second-order valence-electron chi connectivity index (χ2n) is 25.0. The van der Waals surface area contributed by atoms with Crippen LogP contribution in [0.1, 0.15) is 232 Å². The number of halogens is 2. The molecule has 0 spiro atoms. The number of hydrogen-bond acceptors (Lipinski definition) is 21. The predicted octanol–water partition coefficient (Wildman–Crippen LogP) is 5.88. The Labute approximate surface area is 675 Å². The molecule has 0 heterocycles. The molecule has 0 aromatic heterocycles. The summed E-state index contributed by atoms with van der Waals surface area (Å²) < 4.78 is 35.9. The molecule has 0 saturated heterocycles. The van der Waals surface area contributed by atoms with E-state index in [9.17, 15) is 47.9 Å². The number of ether oxygens (including phenoxy) is 7. The Morgan fingerprint density at radius 1 is 0.527 bits per heavy atom. The van der Waals surface area contributed by atoms with Gasteiger partial charge in [0.05, 0.1) is 24.2 Å². The van der Waals surface area contributed by atoms with Crippen LogP contribution in [0.2, 0.25) is 0 Å². The third-order valence-electron chi connectivity index (χ3n) is 10.3. The Morgan fingerprint density at radius 3 is 1.03 bits per heavy atom. The van der Waals surface area contributed by atoms with Crippen LogP contribution in [0.25, 0.3) is 0 Å². The fourth-order valence-corrected chi connectivity index (χ4v) is 6.28. The number of alkyl carbamates (subject to hydrolysis) is 2. The van der Waals surface area contributed by atoms with Crippen molar-refractivity contribution >= 4 is 89.2 Å². The van der Waals surface area contributed by atoms with Gasteiger partial charge >= 0.3 is 186 Å². The molecule has 0 aromatic carbocycles. The Hall–Kier alpha value is -1.23. The summed E-state index contributed by atoms with van der Waals surface area (Å²) in [4.78, 5) is 122. The van der Waals surface area contributed by atoms with Crippen molar-refractivity contribution in [2.45, 2.75) is 260 Å². The molecule has 5 N–H and O–H groups in total. The molecule has 0 aliphatic carbocycles. The summed E-state index contributed by atoms with van der Waals surface area (Å²) in [5.41, 5.74) is 4.08. The molecule has 24 nitrogen and oxygen atoms in total. The zero-order valence-corrected chi connectivity index (χ0v) is 74.4. The van der Waals surface area contributed by atoms with Crippen molar-refractivity contribution in [2.24, 2.45) is 64.9 Å². The molecule has 0 aliphatic rings. The second-order valence-corrected chi connectivity index (χ2v) is 25.8. The number of rotatable bonds is 31. The van der Waals surface area contributed by atoms with Gasteiger partial charge in [-0.25, -0.2) is 9.59 Å². The number of aldehydes is 1.